The van der Waals surface area contributed by atoms with Crippen LogP contribution >= 0.6 is 0 Å². The molecule has 0 aromatic heterocycles. The van der Waals surface area contributed by atoms with Crippen LogP contribution in [0.15, 0.2) is 85.4 Å². The molecule has 3 aromatic carbocycles. The minimum atomic E-state index is -0.839. The van der Waals surface area contributed by atoms with Crippen LogP contribution in [0.3, 0.4) is 0 Å². The average molecular weight is 444 g/mol. The van der Waals surface area contributed by atoms with Gasteiger partial charge in [0, 0.05) is 11.3 Å². The van der Waals surface area contributed by atoms with E-state index < -0.39 is 5.92 Å². The van der Waals surface area contributed by atoms with Gasteiger partial charge in [0.2, 0.25) is 5.91 Å². The Morgan fingerprint density at radius 1 is 0.909 bits per heavy atom. The summed E-state index contributed by atoms with van der Waals surface area (Å²) in [6.07, 6.45) is 0. The first-order valence-electron chi connectivity index (χ1n) is 10.3. The second-order valence-corrected chi connectivity index (χ2v) is 7.44. The zero-order valence-electron chi connectivity index (χ0n) is 19.1. The third kappa shape index (κ3) is 7.47. The van der Waals surface area contributed by atoms with Crippen molar-refractivity contribution in [3.63, 3.8) is 0 Å². The molecule has 3 rings (SSSR count). The van der Waals surface area contributed by atoms with E-state index in [0.29, 0.717) is 16.8 Å². The number of nitrogens with one attached hydrogen (secondary N) is 2. The summed E-state index contributed by atoms with van der Waals surface area (Å²) in [5, 5.41) is 10.0. The van der Waals surface area contributed by atoms with Gasteiger partial charge < -0.3 is 15.8 Å². The van der Waals surface area contributed by atoms with E-state index in [1.165, 1.54) is 6.92 Å². The zero-order chi connectivity index (χ0) is 24.4. The zero-order valence-corrected chi connectivity index (χ0v) is 19.1. The second-order valence-electron chi connectivity index (χ2n) is 7.44. The fraction of sp³-hybridized carbons (Fsp3) is 0.148. The summed E-state index contributed by atoms with van der Waals surface area (Å²) in [6.45, 7) is 7.23. The lowest BCUT2D eigenvalue weighted by molar-refractivity contribution is -0.126. The number of allylic oxidation sites excluding steroid dienone is 1. The molecule has 0 saturated heterocycles. The highest BCUT2D eigenvalue weighted by Gasteiger charge is 2.25. The minimum Gasteiger partial charge on any atom is -0.497 e. The number of nitrogen functional groups attached to an aromatic ring is 1. The van der Waals surface area contributed by atoms with Gasteiger partial charge in [-0.2, -0.15) is 0 Å². The number of methoxy groups -OCH3 is 1. The molecule has 0 aliphatic heterocycles. The number of hydrogen-bond acceptors (Lipinski definition) is 4. The molecule has 0 spiro atoms. The summed E-state index contributed by atoms with van der Waals surface area (Å²) in [7, 11) is 1.66. The molecule has 33 heavy (non-hydrogen) atoms. The highest BCUT2D eigenvalue weighted by molar-refractivity contribution is 6.11. The molecule has 0 radical (unpaired) electrons. The van der Waals surface area contributed by atoms with Gasteiger partial charge in [0.25, 0.3) is 0 Å². The molecule has 0 heterocycles. The standard InChI is InChI=1S/C17H17N3O2.C10H12O/c1-11(21)15(12-5-3-2-4-6-12)17(22)20-14-9-7-13(8-10-14)16(18)19;1-8(2)9-4-6-10(11-3)7-5-9/h2-10,15H,1H3,(H3,18,19)(H,20,22);4-7H,1H2,2-3H3. The molecule has 0 saturated carbocycles. The maximum atomic E-state index is 12.4. The van der Waals surface area contributed by atoms with Gasteiger partial charge in [-0.15, -0.1) is 0 Å². The number of amidine groups is 1. The van der Waals surface area contributed by atoms with Gasteiger partial charge in [0.15, 0.2) is 0 Å². The highest BCUT2D eigenvalue weighted by atomic mass is 16.5. The van der Waals surface area contributed by atoms with E-state index in [0.717, 1.165) is 16.9 Å². The van der Waals surface area contributed by atoms with Crippen LogP contribution in [0.1, 0.15) is 36.5 Å². The molecule has 0 aliphatic carbocycles. The summed E-state index contributed by atoms with van der Waals surface area (Å²) in [6, 6.07) is 23.4. The number of nitrogens with two attached hydrogens (primary N) is 1. The van der Waals surface area contributed by atoms with Crippen molar-refractivity contribution in [3.8, 4) is 5.75 Å². The van der Waals surface area contributed by atoms with Crippen LogP contribution < -0.4 is 15.8 Å². The fourth-order valence-electron chi connectivity index (χ4n) is 3.04. The SMILES string of the molecule is C=C(C)c1ccc(OC)cc1.CC(=O)C(C(=O)Nc1ccc(C(=N)N)cc1)c1ccccc1. The summed E-state index contributed by atoms with van der Waals surface area (Å²) < 4.78 is 5.02. The van der Waals surface area contributed by atoms with Crippen LogP contribution in [0.25, 0.3) is 5.57 Å². The molecule has 0 aliphatic rings. The molecule has 170 valence electrons. The molecular formula is C27H29N3O3. The van der Waals surface area contributed by atoms with Gasteiger partial charge in [-0.25, -0.2) is 0 Å². The smallest absolute Gasteiger partial charge is 0.239 e. The van der Waals surface area contributed by atoms with E-state index in [4.69, 9.17) is 15.9 Å². The lowest BCUT2D eigenvalue weighted by Crippen LogP contribution is -2.26. The van der Waals surface area contributed by atoms with Crippen LogP contribution in [0.5, 0.6) is 5.75 Å². The van der Waals surface area contributed by atoms with Gasteiger partial charge in [-0.05, 0) is 61.4 Å². The first kappa shape index (κ1) is 25.1. The number of hydrogen-bond donors (Lipinski definition) is 3. The quantitative estimate of drug-likeness (QED) is 0.271. The van der Waals surface area contributed by atoms with Gasteiger partial charge >= 0.3 is 0 Å². The topological polar surface area (TPSA) is 105 Å². The van der Waals surface area contributed by atoms with E-state index in [1.807, 2.05) is 37.3 Å². The van der Waals surface area contributed by atoms with Crippen molar-refractivity contribution < 1.29 is 14.3 Å². The van der Waals surface area contributed by atoms with Gasteiger partial charge in [0.1, 0.15) is 23.3 Å². The number of amides is 1. The number of ether oxygens (including phenoxy) is 1. The lowest BCUT2D eigenvalue weighted by atomic mass is 9.94. The third-order valence-corrected chi connectivity index (χ3v) is 4.85. The number of anilines is 1. The van der Waals surface area contributed by atoms with E-state index in [1.54, 1.807) is 55.6 Å². The first-order chi connectivity index (χ1) is 15.7. The predicted molar refractivity (Wildman–Crippen MR) is 134 cm³/mol. The number of benzene rings is 3. The largest absolute Gasteiger partial charge is 0.497 e. The summed E-state index contributed by atoms with van der Waals surface area (Å²) in [5.74, 6) is -0.592. The molecule has 6 nitrogen and oxygen atoms in total. The Morgan fingerprint density at radius 2 is 1.45 bits per heavy atom. The Bertz CT molecular complexity index is 1110. The second kappa shape index (κ2) is 12.0. The van der Waals surface area contributed by atoms with Crippen molar-refractivity contribution in [2.45, 2.75) is 19.8 Å². The molecule has 1 atom stereocenters. The van der Waals surface area contributed by atoms with E-state index in [2.05, 4.69) is 11.9 Å². The molecule has 0 bridgehead atoms. The van der Waals surface area contributed by atoms with Gasteiger partial charge in [-0.3, -0.25) is 15.0 Å². The number of ketones is 1. The number of rotatable bonds is 7. The summed E-state index contributed by atoms with van der Waals surface area (Å²) in [5.41, 5.74) is 9.40. The normalized spacial score (nSPS) is 10.8. The number of carbonyl (C=O) groups excluding carboxylic acids is 2. The van der Waals surface area contributed by atoms with E-state index in [-0.39, 0.29) is 17.5 Å². The highest BCUT2D eigenvalue weighted by Crippen LogP contribution is 2.20. The van der Waals surface area contributed by atoms with E-state index in [9.17, 15) is 9.59 Å². The Morgan fingerprint density at radius 3 is 1.91 bits per heavy atom. The van der Waals surface area contributed by atoms with Crippen molar-refractivity contribution in [1.82, 2.24) is 0 Å². The van der Waals surface area contributed by atoms with Crippen molar-refractivity contribution in [2.75, 3.05) is 12.4 Å². The fourth-order valence-corrected chi connectivity index (χ4v) is 3.04. The number of Topliss-reactive ketones (excluding diaryl/α,β-unsaturated/α-hetero) is 1. The Balaban J connectivity index is 0.000000294. The van der Waals surface area contributed by atoms with Crippen molar-refractivity contribution >= 4 is 28.8 Å². The molecule has 1 unspecified atom stereocenters. The van der Waals surface area contributed by atoms with Crippen LogP contribution in [-0.4, -0.2) is 24.6 Å². The van der Waals surface area contributed by atoms with Crippen LogP contribution in [0.4, 0.5) is 5.69 Å². The summed E-state index contributed by atoms with van der Waals surface area (Å²) >= 11 is 0. The molecule has 4 N–H and O–H groups in total. The van der Waals surface area contributed by atoms with E-state index >= 15 is 0 Å². The van der Waals surface area contributed by atoms with Crippen molar-refractivity contribution in [1.29, 1.82) is 5.41 Å². The minimum absolute atomic E-state index is 0.0382. The Labute approximate surface area is 194 Å². The van der Waals surface area contributed by atoms with Gasteiger partial charge in [-0.1, -0.05) is 54.6 Å². The first-order valence-corrected chi connectivity index (χ1v) is 10.3. The molecular weight excluding hydrogens is 414 g/mol. The average Bonchev–Trinajstić information content (AvgIpc) is 2.80. The van der Waals surface area contributed by atoms with Crippen molar-refractivity contribution in [2.24, 2.45) is 5.73 Å². The Hall–Kier alpha value is -4.19. The number of carbonyl (C=O) groups is 2. The maximum Gasteiger partial charge on any atom is 0.239 e. The van der Waals surface area contributed by atoms with Crippen LogP contribution in [-0.2, 0) is 9.59 Å². The van der Waals surface area contributed by atoms with Gasteiger partial charge in [0.05, 0.1) is 7.11 Å². The lowest BCUT2D eigenvalue weighted by Gasteiger charge is -2.14. The molecule has 3 aromatic rings. The van der Waals surface area contributed by atoms with Crippen LogP contribution in [0.2, 0.25) is 0 Å². The predicted octanol–water partition coefficient (Wildman–Crippen LogP) is 5.01. The summed E-state index contributed by atoms with van der Waals surface area (Å²) in [4.78, 5) is 24.2. The molecule has 0 fully saturated rings. The third-order valence-electron chi connectivity index (χ3n) is 4.85. The maximum absolute atomic E-state index is 12.4. The molecule has 6 heteroatoms. The van der Waals surface area contributed by atoms with Crippen molar-refractivity contribution in [3.05, 3.63) is 102 Å². The molecule has 1 amide bonds. The Kier molecular flexibility index (Phi) is 9.12. The monoisotopic (exact) mass is 443 g/mol. The van der Waals surface area contributed by atoms with Crippen LogP contribution in [0, 0.1) is 5.41 Å².